The minimum absolute atomic E-state index is 0.0556. The summed E-state index contributed by atoms with van der Waals surface area (Å²) in [5.74, 6) is -0.0625. The average Bonchev–Trinajstić information content (AvgIpc) is 1.84. The van der Waals surface area contributed by atoms with Gasteiger partial charge in [-0.05, 0) is 6.42 Å². The molecule has 0 amide bonds. The number of rotatable bonds is 2. The lowest BCUT2D eigenvalue weighted by Gasteiger charge is -2.02. The fraction of sp³-hybridized carbons (Fsp3) is 0.833. The Kier molecular flexibility index (Phi) is 3.24. The molecule has 48 valence electrons. The van der Waals surface area contributed by atoms with Gasteiger partial charge in [-0.3, -0.25) is 4.79 Å². The minimum atomic E-state index is -0.118. The largest absolute Gasteiger partial charge is 0.469 e. The molecule has 0 saturated heterocycles. The van der Waals surface area contributed by atoms with Crippen LogP contribution in [0, 0.1) is 5.92 Å². The molecular formula is C6H12O2. The Morgan fingerprint density at radius 3 is 2.38 bits per heavy atom. The molecule has 0 radical (unpaired) electrons. The van der Waals surface area contributed by atoms with Crippen molar-refractivity contribution in [1.29, 1.82) is 0 Å². The summed E-state index contributed by atoms with van der Waals surface area (Å²) < 4.78 is 4.46. The first-order valence-corrected chi connectivity index (χ1v) is 2.80. The molecule has 0 heterocycles. The van der Waals surface area contributed by atoms with Crippen LogP contribution in [-0.2, 0) is 9.53 Å². The third-order valence-electron chi connectivity index (χ3n) is 1.22. The lowest BCUT2D eigenvalue weighted by molar-refractivity contribution is -0.144. The number of esters is 1. The van der Waals surface area contributed by atoms with E-state index >= 15 is 0 Å². The molecule has 0 aliphatic carbocycles. The molecule has 0 bridgehead atoms. The molecule has 0 aliphatic rings. The number of methoxy groups -OCH3 is 1. The van der Waals surface area contributed by atoms with E-state index in [-0.39, 0.29) is 11.9 Å². The second-order valence-corrected chi connectivity index (χ2v) is 1.83. The lowest BCUT2D eigenvalue weighted by Crippen LogP contribution is -2.10. The zero-order chi connectivity index (χ0) is 6.57. The predicted molar refractivity (Wildman–Crippen MR) is 31.5 cm³/mol. The van der Waals surface area contributed by atoms with Crippen molar-refractivity contribution >= 4 is 5.97 Å². The van der Waals surface area contributed by atoms with Gasteiger partial charge in [0.25, 0.3) is 0 Å². The highest BCUT2D eigenvalue weighted by atomic mass is 16.5. The fourth-order valence-corrected chi connectivity index (χ4v) is 0.368. The molecule has 0 aromatic heterocycles. The van der Waals surface area contributed by atoms with Gasteiger partial charge in [-0.1, -0.05) is 13.8 Å². The highest BCUT2D eigenvalue weighted by Gasteiger charge is 2.08. The van der Waals surface area contributed by atoms with Crippen LogP contribution in [0.4, 0.5) is 0 Å². The van der Waals surface area contributed by atoms with E-state index in [1.807, 2.05) is 13.8 Å². The van der Waals surface area contributed by atoms with Gasteiger partial charge in [-0.2, -0.15) is 0 Å². The normalized spacial score (nSPS) is 12.9. The number of carbonyl (C=O) groups excluding carboxylic acids is 1. The van der Waals surface area contributed by atoms with Gasteiger partial charge in [0, 0.05) is 0 Å². The number of hydrogen-bond donors (Lipinski definition) is 0. The van der Waals surface area contributed by atoms with Crippen molar-refractivity contribution < 1.29 is 9.53 Å². The third kappa shape index (κ3) is 1.96. The van der Waals surface area contributed by atoms with Crippen LogP contribution in [0.5, 0.6) is 0 Å². The van der Waals surface area contributed by atoms with E-state index < -0.39 is 0 Å². The highest BCUT2D eigenvalue weighted by molar-refractivity contribution is 5.71. The summed E-state index contributed by atoms with van der Waals surface area (Å²) in [5.41, 5.74) is 0. The Morgan fingerprint density at radius 1 is 1.75 bits per heavy atom. The second-order valence-electron chi connectivity index (χ2n) is 1.83. The van der Waals surface area contributed by atoms with Crippen molar-refractivity contribution in [1.82, 2.24) is 0 Å². The summed E-state index contributed by atoms with van der Waals surface area (Å²) in [4.78, 5) is 10.5. The van der Waals surface area contributed by atoms with E-state index in [2.05, 4.69) is 4.74 Å². The number of carbonyl (C=O) groups is 1. The molecule has 0 aliphatic heterocycles. The molecule has 0 rings (SSSR count). The van der Waals surface area contributed by atoms with Gasteiger partial charge in [0.1, 0.15) is 0 Å². The van der Waals surface area contributed by atoms with E-state index in [4.69, 9.17) is 0 Å². The Labute approximate surface area is 49.8 Å². The van der Waals surface area contributed by atoms with Gasteiger partial charge in [-0.25, -0.2) is 0 Å². The van der Waals surface area contributed by atoms with E-state index in [9.17, 15) is 4.79 Å². The maximum absolute atomic E-state index is 10.5. The topological polar surface area (TPSA) is 26.3 Å². The van der Waals surface area contributed by atoms with Crippen LogP contribution >= 0.6 is 0 Å². The van der Waals surface area contributed by atoms with Crippen molar-refractivity contribution in [3.63, 3.8) is 0 Å². The van der Waals surface area contributed by atoms with E-state index in [1.54, 1.807) is 0 Å². The van der Waals surface area contributed by atoms with Gasteiger partial charge in [0.15, 0.2) is 0 Å². The first kappa shape index (κ1) is 7.47. The Bertz CT molecular complexity index is 78.6. The molecule has 0 saturated carbocycles. The maximum Gasteiger partial charge on any atom is 0.308 e. The molecule has 0 N–H and O–H groups in total. The van der Waals surface area contributed by atoms with E-state index in [0.29, 0.717) is 0 Å². The maximum atomic E-state index is 10.5. The van der Waals surface area contributed by atoms with Gasteiger partial charge < -0.3 is 4.74 Å². The first-order chi connectivity index (χ1) is 3.72. The average molecular weight is 116 g/mol. The number of ether oxygens (including phenoxy) is 1. The quantitative estimate of drug-likeness (QED) is 0.507. The SMILES string of the molecule is CC[C@@H](C)C(=O)OC. The number of hydrogen-bond acceptors (Lipinski definition) is 2. The monoisotopic (exact) mass is 116 g/mol. The molecule has 2 nitrogen and oxygen atoms in total. The van der Waals surface area contributed by atoms with Crippen LogP contribution in [0.2, 0.25) is 0 Å². The standard InChI is InChI=1S/C6H12O2/c1-4-5(2)6(7)8-3/h5H,4H2,1-3H3/t5-/m1/s1. The molecule has 0 unspecified atom stereocenters. The first-order valence-electron chi connectivity index (χ1n) is 2.80. The Hall–Kier alpha value is -0.530. The zero-order valence-corrected chi connectivity index (χ0v) is 5.60. The predicted octanol–water partition coefficient (Wildman–Crippen LogP) is 1.21. The molecular weight excluding hydrogens is 104 g/mol. The summed E-state index contributed by atoms with van der Waals surface area (Å²) in [6, 6.07) is 0. The van der Waals surface area contributed by atoms with Gasteiger partial charge in [0.05, 0.1) is 13.0 Å². The molecule has 0 aromatic carbocycles. The Balaban J connectivity index is 3.46. The smallest absolute Gasteiger partial charge is 0.308 e. The lowest BCUT2D eigenvalue weighted by atomic mass is 10.1. The van der Waals surface area contributed by atoms with E-state index in [1.165, 1.54) is 7.11 Å². The highest BCUT2D eigenvalue weighted by Crippen LogP contribution is 2.00. The summed E-state index contributed by atoms with van der Waals surface area (Å²) >= 11 is 0. The summed E-state index contributed by atoms with van der Waals surface area (Å²) in [6.07, 6.45) is 0.854. The van der Waals surface area contributed by atoms with Crippen LogP contribution in [0.3, 0.4) is 0 Å². The fourth-order valence-electron chi connectivity index (χ4n) is 0.368. The van der Waals surface area contributed by atoms with Crippen molar-refractivity contribution in [3.8, 4) is 0 Å². The summed E-state index contributed by atoms with van der Waals surface area (Å²) in [6.45, 7) is 3.81. The van der Waals surface area contributed by atoms with E-state index in [0.717, 1.165) is 6.42 Å². The molecule has 0 aromatic rings. The minimum Gasteiger partial charge on any atom is -0.469 e. The molecule has 0 fully saturated rings. The van der Waals surface area contributed by atoms with Crippen molar-refractivity contribution in [2.24, 2.45) is 5.92 Å². The van der Waals surface area contributed by atoms with Crippen LogP contribution in [0.1, 0.15) is 20.3 Å². The van der Waals surface area contributed by atoms with Crippen LogP contribution in [0.15, 0.2) is 0 Å². The van der Waals surface area contributed by atoms with Crippen molar-refractivity contribution in [3.05, 3.63) is 0 Å². The van der Waals surface area contributed by atoms with Gasteiger partial charge in [0.2, 0.25) is 0 Å². The molecule has 0 spiro atoms. The van der Waals surface area contributed by atoms with Gasteiger partial charge in [-0.15, -0.1) is 0 Å². The molecule has 2 heteroatoms. The van der Waals surface area contributed by atoms with Crippen LogP contribution < -0.4 is 0 Å². The van der Waals surface area contributed by atoms with Crippen molar-refractivity contribution in [2.45, 2.75) is 20.3 Å². The second kappa shape index (κ2) is 3.47. The molecule has 8 heavy (non-hydrogen) atoms. The van der Waals surface area contributed by atoms with Crippen molar-refractivity contribution in [2.75, 3.05) is 7.11 Å². The molecule has 1 atom stereocenters. The van der Waals surface area contributed by atoms with Crippen LogP contribution in [0.25, 0.3) is 0 Å². The third-order valence-corrected chi connectivity index (χ3v) is 1.22. The Morgan fingerprint density at radius 2 is 2.25 bits per heavy atom. The zero-order valence-electron chi connectivity index (χ0n) is 5.60. The van der Waals surface area contributed by atoms with Crippen LogP contribution in [-0.4, -0.2) is 13.1 Å². The summed E-state index contributed by atoms with van der Waals surface area (Å²) in [7, 11) is 1.41. The van der Waals surface area contributed by atoms with Gasteiger partial charge >= 0.3 is 5.97 Å². The summed E-state index contributed by atoms with van der Waals surface area (Å²) in [5, 5.41) is 0.